The Labute approximate surface area is 152 Å². The van der Waals surface area contributed by atoms with Crippen molar-refractivity contribution in [1.29, 1.82) is 0 Å². The van der Waals surface area contributed by atoms with E-state index < -0.39 is 0 Å². The van der Waals surface area contributed by atoms with Crippen LogP contribution in [0.2, 0.25) is 0 Å². The van der Waals surface area contributed by atoms with Crippen LogP contribution in [-0.2, 0) is 0 Å². The zero-order chi connectivity index (χ0) is 18.3. The predicted octanol–water partition coefficient (Wildman–Crippen LogP) is 5.23. The summed E-state index contributed by atoms with van der Waals surface area (Å²) in [7, 11) is 1.63. The normalized spacial score (nSPS) is 11.1. The molecule has 0 aliphatic rings. The number of hydrogen-bond donors (Lipinski definition) is 1. The Morgan fingerprint density at radius 3 is 2.31 bits per heavy atom. The molecule has 3 aromatic heterocycles. The third-order valence-corrected chi connectivity index (χ3v) is 4.71. The SMILES string of the molecule is COc1cc(-c2ccc3c(C)c(-c4cc(C)nc(C)c4)[nH]c3c2)ccn1. The molecule has 0 fully saturated rings. The second kappa shape index (κ2) is 6.30. The average molecular weight is 343 g/mol. The molecule has 1 aromatic carbocycles. The van der Waals surface area contributed by atoms with Gasteiger partial charge in [-0.25, -0.2) is 4.98 Å². The van der Waals surface area contributed by atoms with E-state index in [1.807, 2.05) is 26.0 Å². The van der Waals surface area contributed by atoms with Crippen LogP contribution in [0.3, 0.4) is 0 Å². The van der Waals surface area contributed by atoms with E-state index in [0.29, 0.717) is 5.88 Å². The molecular formula is C22H21N3O. The molecule has 4 rings (SSSR count). The highest BCUT2D eigenvalue weighted by Gasteiger charge is 2.12. The topological polar surface area (TPSA) is 50.8 Å². The van der Waals surface area contributed by atoms with Crippen molar-refractivity contribution < 1.29 is 4.74 Å². The van der Waals surface area contributed by atoms with Crippen molar-refractivity contribution in [3.05, 3.63) is 65.6 Å². The molecule has 0 saturated carbocycles. The molecule has 0 aliphatic carbocycles. The molecular weight excluding hydrogens is 322 g/mol. The van der Waals surface area contributed by atoms with Gasteiger partial charge in [0.1, 0.15) is 0 Å². The van der Waals surface area contributed by atoms with E-state index in [4.69, 9.17) is 4.74 Å². The Hall–Kier alpha value is -3.14. The number of aryl methyl sites for hydroxylation is 3. The number of benzene rings is 1. The van der Waals surface area contributed by atoms with E-state index in [-0.39, 0.29) is 0 Å². The van der Waals surface area contributed by atoms with Crippen LogP contribution in [0.5, 0.6) is 5.88 Å². The highest BCUT2D eigenvalue weighted by molar-refractivity contribution is 5.93. The largest absolute Gasteiger partial charge is 0.481 e. The molecule has 130 valence electrons. The number of H-pyrrole nitrogens is 1. The number of nitrogens with one attached hydrogen (secondary N) is 1. The minimum atomic E-state index is 0.619. The number of nitrogens with zero attached hydrogens (tertiary/aromatic N) is 2. The molecule has 0 spiro atoms. The van der Waals surface area contributed by atoms with Crippen molar-refractivity contribution in [3.8, 4) is 28.3 Å². The lowest BCUT2D eigenvalue weighted by molar-refractivity contribution is 0.398. The van der Waals surface area contributed by atoms with Gasteiger partial charge in [0.15, 0.2) is 0 Å². The quantitative estimate of drug-likeness (QED) is 0.554. The van der Waals surface area contributed by atoms with E-state index in [9.17, 15) is 0 Å². The van der Waals surface area contributed by atoms with Gasteiger partial charge in [-0.15, -0.1) is 0 Å². The Balaban J connectivity index is 1.85. The van der Waals surface area contributed by atoms with Crippen LogP contribution in [-0.4, -0.2) is 22.1 Å². The number of fused-ring (bicyclic) bond motifs is 1. The molecule has 3 heterocycles. The van der Waals surface area contributed by atoms with Gasteiger partial charge in [0.2, 0.25) is 5.88 Å². The van der Waals surface area contributed by atoms with E-state index >= 15 is 0 Å². The van der Waals surface area contributed by atoms with Crippen molar-refractivity contribution in [1.82, 2.24) is 15.0 Å². The van der Waals surface area contributed by atoms with Crippen LogP contribution in [0.15, 0.2) is 48.7 Å². The van der Waals surface area contributed by atoms with Gasteiger partial charge in [0.25, 0.3) is 0 Å². The summed E-state index contributed by atoms with van der Waals surface area (Å²) in [4.78, 5) is 12.3. The van der Waals surface area contributed by atoms with Crippen LogP contribution in [0, 0.1) is 20.8 Å². The third-order valence-electron chi connectivity index (χ3n) is 4.71. The molecule has 26 heavy (non-hydrogen) atoms. The third kappa shape index (κ3) is 2.84. The van der Waals surface area contributed by atoms with Gasteiger partial charge in [-0.2, -0.15) is 0 Å². The Kier molecular flexibility index (Phi) is 3.96. The molecule has 4 aromatic rings. The first-order valence-electron chi connectivity index (χ1n) is 8.63. The first kappa shape index (κ1) is 16.3. The number of pyridine rings is 2. The van der Waals surface area contributed by atoms with Crippen LogP contribution < -0.4 is 4.74 Å². The second-order valence-corrected chi connectivity index (χ2v) is 6.61. The van der Waals surface area contributed by atoms with Crippen LogP contribution >= 0.6 is 0 Å². The smallest absolute Gasteiger partial charge is 0.213 e. The molecule has 0 unspecified atom stereocenters. The summed E-state index contributed by atoms with van der Waals surface area (Å²) in [5.41, 5.74) is 8.98. The van der Waals surface area contributed by atoms with E-state index in [1.54, 1.807) is 13.3 Å². The highest BCUT2D eigenvalue weighted by Crippen LogP contribution is 2.33. The Morgan fingerprint density at radius 1 is 0.846 bits per heavy atom. The van der Waals surface area contributed by atoms with E-state index in [1.165, 1.54) is 16.5 Å². The van der Waals surface area contributed by atoms with Gasteiger partial charge in [0, 0.05) is 45.8 Å². The summed E-state index contributed by atoms with van der Waals surface area (Å²) in [6, 6.07) is 14.7. The number of hydrogen-bond acceptors (Lipinski definition) is 3. The summed E-state index contributed by atoms with van der Waals surface area (Å²) in [5, 5.41) is 1.23. The fourth-order valence-electron chi connectivity index (χ4n) is 3.49. The molecule has 0 atom stereocenters. The maximum Gasteiger partial charge on any atom is 0.213 e. The van der Waals surface area contributed by atoms with E-state index in [2.05, 4.69) is 52.2 Å². The van der Waals surface area contributed by atoms with E-state index in [0.717, 1.165) is 33.7 Å². The zero-order valence-corrected chi connectivity index (χ0v) is 15.4. The van der Waals surface area contributed by atoms with Gasteiger partial charge in [-0.1, -0.05) is 12.1 Å². The lowest BCUT2D eigenvalue weighted by Crippen LogP contribution is -1.89. The standard InChI is InChI=1S/C22H21N3O/c1-13-9-18(10-14(2)24-13)22-15(3)19-6-5-16(11-20(19)25-22)17-7-8-23-21(12-17)26-4/h5-12,25H,1-4H3. The number of methoxy groups -OCH3 is 1. The van der Waals surface area contributed by atoms with Crippen LogP contribution in [0.4, 0.5) is 0 Å². The van der Waals surface area contributed by atoms with Gasteiger partial charge in [0.05, 0.1) is 7.11 Å². The first-order valence-corrected chi connectivity index (χ1v) is 8.63. The van der Waals surface area contributed by atoms with Crippen molar-refractivity contribution in [2.24, 2.45) is 0 Å². The molecule has 0 amide bonds. The summed E-state index contributed by atoms with van der Waals surface area (Å²) >= 11 is 0. The second-order valence-electron chi connectivity index (χ2n) is 6.61. The Bertz CT molecular complexity index is 1090. The van der Waals surface area contributed by atoms with Gasteiger partial charge in [-0.05, 0) is 61.7 Å². The fraction of sp³-hybridized carbons (Fsp3) is 0.182. The lowest BCUT2D eigenvalue weighted by atomic mass is 10.0. The van der Waals surface area contributed by atoms with Gasteiger partial charge in [-0.3, -0.25) is 4.98 Å². The maximum atomic E-state index is 5.24. The summed E-state index contributed by atoms with van der Waals surface area (Å²) in [5.74, 6) is 0.619. The number of aromatic nitrogens is 3. The zero-order valence-electron chi connectivity index (χ0n) is 15.4. The van der Waals surface area contributed by atoms with Crippen molar-refractivity contribution in [3.63, 3.8) is 0 Å². The monoisotopic (exact) mass is 343 g/mol. The highest BCUT2D eigenvalue weighted by atomic mass is 16.5. The number of rotatable bonds is 3. The van der Waals surface area contributed by atoms with Gasteiger partial charge >= 0.3 is 0 Å². The molecule has 0 saturated heterocycles. The summed E-state index contributed by atoms with van der Waals surface area (Å²) < 4.78 is 5.24. The number of aromatic amines is 1. The maximum absolute atomic E-state index is 5.24. The first-order chi connectivity index (χ1) is 12.5. The molecule has 0 bridgehead atoms. The van der Waals surface area contributed by atoms with Crippen molar-refractivity contribution in [2.45, 2.75) is 20.8 Å². The molecule has 0 aliphatic heterocycles. The van der Waals surface area contributed by atoms with Crippen LogP contribution in [0.25, 0.3) is 33.3 Å². The average Bonchev–Trinajstić information content (AvgIpc) is 2.97. The van der Waals surface area contributed by atoms with Gasteiger partial charge < -0.3 is 9.72 Å². The fourth-order valence-corrected chi connectivity index (χ4v) is 3.49. The van der Waals surface area contributed by atoms with Crippen LogP contribution in [0.1, 0.15) is 17.0 Å². The number of ether oxygens (including phenoxy) is 1. The van der Waals surface area contributed by atoms with Crippen molar-refractivity contribution in [2.75, 3.05) is 7.11 Å². The molecule has 4 nitrogen and oxygen atoms in total. The minimum Gasteiger partial charge on any atom is -0.481 e. The summed E-state index contributed by atoms with van der Waals surface area (Å²) in [6.07, 6.45) is 1.77. The van der Waals surface area contributed by atoms with Crippen molar-refractivity contribution >= 4 is 10.9 Å². The molecule has 4 heteroatoms. The minimum absolute atomic E-state index is 0.619. The molecule has 0 radical (unpaired) electrons. The molecule has 1 N–H and O–H groups in total. The Morgan fingerprint density at radius 2 is 1.58 bits per heavy atom. The summed E-state index contributed by atoms with van der Waals surface area (Å²) in [6.45, 7) is 6.22. The predicted molar refractivity (Wildman–Crippen MR) is 106 cm³/mol. The lowest BCUT2D eigenvalue weighted by Gasteiger charge is -2.04.